The highest BCUT2D eigenvalue weighted by Gasteiger charge is 2.27. The van der Waals surface area contributed by atoms with Gasteiger partial charge in [0.1, 0.15) is 18.7 Å². The first-order valence-corrected chi connectivity index (χ1v) is 12.3. The molecule has 0 aliphatic carbocycles. The number of fused-ring (bicyclic) bond motifs is 1. The molecule has 0 spiro atoms. The number of rotatable bonds is 11. The number of hydrogen-bond donors (Lipinski definition) is 2. The minimum absolute atomic E-state index is 0.0429. The molecule has 186 valence electrons. The van der Waals surface area contributed by atoms with Gasteiger partial charge in [0.25, 0.3) is 5.56 Å². The maximum atomic E-state index is 13.4. The first kappa shape index (κ1) is 24.9. The van der Waals surface area contributed by atoms with E-state index < -0.39 is 25.3 Å². The largest absolute Gasteiger partial charge is 0.519 e. The molecule has 4 rings (SSSR count). The Kier molecular flexibility index (Phi) is 7.53. The number of hydrogen-bond acceptors (Lipinski definition) is 11. The number of imidazole rings is 1. The fraction of sp³-hybridized carbons (Fsp3) is 0.300. The van der Waals surface area contributed by atoms with Gasteiger partial charge in [-0.25, -0.2) is 9.78 Å². The molecule has 35 heavy (non-hydrogen) atoms. The van der Waals surface area contributed by atoms with E-state index in [1.165, 1.54) is 13.3 Å². The molecule has 1 aromatic carbocycles. The summed E-state index contributed by atoms with van der Waals surface area (Å²) in [5, 5.41) is 0.495. The van der Waals surface area contributed by atoms with Gasteiger partial charge in [-0.15, -0.1) is 0 Å². The highest BCUT2D eigenvalue weighted by molar-refractivity contribution is 7.53. The first-order valence-electron chi connectivity index (χ1n) is 10.2. The zero-order chi connectivity index (χ0) is 25.0. The maximum Gasteiger partial charge on any atom is 0.519 e. The number of nitrogens with two attached hydrogens (primary N) is 1. The van der Waals surface area contributed by atoms with Crippen LogP contribution in [0.3, 0.4) is 0 Å². The van der Waals surface area contributed by atoms with Crippen molar-refractivity contribution in [3.05, 3.63) is 73.7 Å². The maximum absolute atomic E-state index is 13.4. The molecule has 0 bridgehead atoms. The topological polar surface area (TPSA) is 178 Å². The number of halogens is 1. The zero-order valence-corrected chi connectivity index (χ0v) is 20.1. The van der Waals surface area contributed by atoms with E-state index >= 15 is 0 Å². The Bertz CT molecular complexity index is 1490. The van der Waals surface area contributed by atoms with Gasteiger partial charge in [0.15, 0.2) is 16.9 Å². The molecule has 0 fully saturated rings. The molecule has 0 saturated heterocycles. The van der Waals surface area contributed by atoms with Crippen LogP contribution in [0.5, 0.6) is 0 Å². The van der Waals surface area contributed by atoms with E-state index in [-0.39, 0.29) is 55.0 Å². The first-order chi connectivity index (χ1) is 16.7. The van der Waals surface area contributed by atoms with Gasteiger partial charge in [-0.1, -0.05) is 23.7 Å². The van der Waals surface area contributed by atoms with Gasteiger partial charge in [0, 0.05) is 11.6 Å². The third kappa shape index (κ3) is 6.27. The van der Waals surface area contributed by atoms with E-state index in [2.05, 4.69) is 15.0 Å². The van der Waals surface area contributed by atoms with Crippen LogP contribution in [0.2, 0.25) is 5.02 Å². The number of benzene rings is 1. The quantitative estimate of drug-likeness (QED) is 0.217. The lowest BCUT2D eigenvalue weighted by Crippen LogP contribution is -2.13. The van der Waals surface area contributed by atoms with Gasteiger partial charge in [-0.3, -0.25) is 18.9 Å². The lowest BCUT2D eigenvalue weighted by molar-refractivity contribution is 0.114. The SMILES string of the molecule is Cc1oc(=O)oc1COP(=O)(COCCn1cnc2c(=O)[nH]c(N)nc21)OCc1cccc(Cl)c1. The van der Waals surface area contributed by atoms with Gasteiger partial charge >= 0.3 is 13.4 Å². The Hall–Kier alpha value is -3.22. The summed E-state index contributed by atoms with van der Waals surface area (Å²) < 4.78 is 41.3. The van der Waals surface area contributed by atoms with Crippen molar-refractivity contribution in [1.82, 2.24) is 19.5 Å². The van der Waals surface area contributed by atoms with Gasteiger partial charge < -0.3 is 28.4 Å². The standard InChI is InChI=1S/C20H21ClN5O8P/c1-12-15(34-20(28)33-12)9-32-35(29,31-8-13-3-2-4-14(21)7-13)11-30-6-5-26-10-23-16-17(26)24-19(22)25-18(16)27/h2-4,7,10H,5-6,8-9,11H2,1H3,(H3,22,24,25,27). The summed E-state index contributed by atoms with van der Waals surface area (Å²) in [6, 6.07) is 6.84. The molecule has 3 heterocycles. The van der Waals surface area contributed by atoms with Crippen LogP contribution in [0.25, 0.3) is 11.2 Å². The predicted octanol–water partition coefficient (Wildman–Crippen LogP) is 2.81. The summed E-state index contributed by atoms with van der Waals surface area (Å²) in [6.07, 6.45) is 1.02. The molecule has 4 aromatic rings. The normalized spacial score (nSPS) is 13.3. The monoisotopic (exact) mass is 525 g/mol. The fourth-order valence-electron chi connectivity index (χ4n) is 3.05. The van der Waals surface area contributed by atoms with Gasteiger partial charge in [0.05, 0.1) is 19.5 Å². The molecular formula is C20H21ClN5O8P. The van der Waals surface area contributed by atoms with Crippen molar-refractivity contribution in [2.45, 2.75) is 26.7 Å². The predicted molar refractivity (Wildman–Crippen MR) is 124 cm³/mol. The Morgan fingerprint density at radius 1 is 1.23 bits per heavy atom. The van der Waals surface area contributed by atoms with E-state index in [0.29, 0.717) is 10.6 Å². The Balaban J connectivity index is 1.41. The lowest BCUT2D eigenvalue weighted by atomic mass is 10.2. The van der Waals surface area contributed by atoms with Crippen LogP contribution in [0.15, 0.2) is 49.0 Å². The van der Waals surface area contributed by atoms with Crippen LogP contribution in [0.1, 0.15) is 17.1 Å². The lowest BCUT2D eigenvalue weighted by Gasteiger charge is -2.18. The van der Waals surface area contributed by atoms with Crippen molar-refractivity contribution in [3.8, 4) is 0 Å². The number of nitrogen functional groups attached to an aromatic ring is 1. The fourth-order valence-corrected chi connectivity index (χ4v) is 4.50. The van der Waals surface area contributed by atoms with E-state index in [0.717, 1.165) is 0 Å². The second-order valence-electron chi connectivity index (χ2n) is 7.32. The molecule has 0 aliphatic heterocycles. The number of H-pyrrole nitrogens is 1. The second-order valence-corrected chi connectivity index (χ2v) is 9.75. The third-order valence-corrected chi connectivity index (χ3v) is 6.54. The van der Waals surface area contributed by atoms with Gasteiger partial charge in [0.2, 0.25) is 5.95 Å². The van der Waals surface area contributed by atoms with E-state index in [4.69, 9.17) is 40.0 Å². The minimum atomic E-state index is -3.83. The van der Waals surface area contributed by atoms with Crippen LogP contribution < -0.4 is 17.1 Å². The Morgan fingerprint density at radius 3 is 2.77 bits per heavy atom. The van der Waals surface area contributed by atoms with E-state index in [1.54, 1.807) is 28.8 Å². The summed E-state index contributed by atoms with van der Waals surface area (Å²) in [4.78, 5) is 33.6. The average Bonchev–Trinajstić information content (AvgIpc) is 3.36. The summed E-state index contributed by atoms with van der Waals surface area (Å²) in [6.45, 7) is 1.42. The summed E-state index contributed by atoms with van der Waals surface area (Å²) in [5.41, 5.74) is 6.24. The van der Waals surface area contributed by atoms with E-state index in [1.807, 2.05) is 0 Å². The summed E-state index contributed by atoms with van der Waals surface area (Å²) in [7, 11) is -3.83. The van der Waals surface area contributed by atoms with Gasteiger partial charge in [-0.05, 0) is 24.6 Å². The molecule has 15 heteroatoms. The summed E-state index contributed by atoms with van der Waals surface area (Å²) >= 11 is 5.99. The number of nitrogens with zero attached hydrogens (tertiary/aromatic N) is 3. The van der Waals surface area contributed by atoms with Crippen LogP contribution in [0, 0.1) is 6.92 Å². The summed E-state index contributed by atoms with van der Waals surface area (Å²) in [5.74, 6) is -0.655. The molecule has 1 atom stereocenters. The zero-order valence-electron chi connectivity index (χ0n) is 18.4. The van der Waals surface area contributed by atoms with Crippen molar-refractivity contribution in [2.75, 3.05) is 18.7 Å². The Morgan fingerprint density at radius 2 is 2.03 bits per heavy atom. The molecule has 3 aromatic heterocycles. The molecule has 0 aliphatic rings. The number of aromatic amines is 1. The smallest absolute Gasteiger partial charge is 0.396 e. The van der Waals surface area contributed by atoms with E-state index in [9.17, 15) is 14.2 Å². The van der Waals surface area contributed by atoms with Crippen molar-refractivity contribution < 1.29 is 27.2 Å². The average molecular weight is 526 g/mol. The van der Waals surface area contributed by atoms with Gasteiger partial charge in [-0.2, -0.15) is 4.98 Å². The molecule has 13 nitrogen and oxygen atoms in total. The highest BCUT2D eigenvalue weighted by Crippen LogP contribution is 2.49. The molecule has 3 N–H and O–H groups in total. The van der Waals surface area contributed by atoms with Crippen LogP contribution in [-0.4, -0.2) is 32.5 Å². The van der Waals surface area contributed by atoms with Crippen LogP contribution >= 0.6 is 19.2 Å². The van der Waals surface area contributed by atoms with Crippen LogP contribution in [0.4, 0.5) is 5.95 Å². The number of anilines is 1. The highest BCUT2D eigenvalue weighted by atomic mass is 35.5. The molecule has 0 radical (unpaired) electrons. The Labute approximate surface area is 202 Å². The number of nitrogens with one attached hydrogen (secondary N) is 1. The number of aromatic nitrogens is 4. The van der Waals surface area contributed by atoms with Crippen molar-refractivity contribution in [2.24, 2.45) is 0 Å². The molecule has 1 unspecified atom stereocenters. The number of ether oxygens (including phenoxy) is 1. The van der Waals surface area contributed by atoms with Crippen LogP contribution in [-0.2, 0) is 38.1 Å². The minimum Gasteiger partial charge on any atom is -0.396 e. The molecule has 0 amide bonds. The van der Waals surface area contributed by atoms with Crippen molar-refractivity contribution >= 4 is 36.3 Å². The van der Waals surface area contributed by atoms with Crippen molar-refractivity contribution in [1.29, 1.82) is 0 Å². The van der Waals surface area contributed by atoms with Crippen molar-refractivity contribution in [3.63, 3.8) is 0 Å². The molecular weight excluding hydrogens is 505 g/mol. The molecule has 0 saturated carbocycles. The number of aryl methyl sites for hydroxylation is 1. The third-order valence-electron chi connectivity index (χ3n) is 4.76. The second kappa shape index (κ2) is 10.6.